The van der Waals surface area contributed by atoms with E-state index in [0.717, 1.165) is 25.9 Å². The highest BCUT2D eigenvalue weighted by Crippen LogP contribution is 2.26. The summed E-state index contributed by atoms with van der Waals surface area (Å²) >= 11 is 3.24. The van der Waals surface area contributed by atoms with Crippen molar-refractivity contribution in [2.45, 2.75) is 19.8 Å². The first-order valence-corrected chi connectivity index (χ1v) is 6.87. The van der Waals surface area contributed by atoms with Crippen LogP contribution in [-0.2, 0) is 0 Å². The number of para-hydroxylation sites is 1. The number of anilines is 1. The van der Waals surface area contributed by atoms with Crippen LogP contribution in [0.3, 0.4) is 0 Å². The third-order valence-electron chi connectivity index (χ3n) is 3.27. The molecule has 0 aliphatic carbocycles. The van der Waals surface area contributed by atoms with Crippen LogP contribution in [0.25, 0.3) is 0 Å². The maximum absolute atomic E-state index is 13.6. The number of rotatable bonds is 1. The predicted molar refractivity (Wildman–Crippen MR) is 73.1 cm³/mol. The largest absolute Gasteiger partial charge is 0.325 e. The minimum atomic E-state index is -0.428. The molecule has 2 rings (SSSR count). The number of hydrogen-bond acceptors (Lipinski definition) is 1. The highest BCUT2D eigenvalue weighted by atomic mass is 79.9. The number of amides is 2. The van der Waals surface area contributed by atoms with Gasteiger partial charge in [0.15, 0.2) is 0 Å². The molecule has 3 nitrogen and oxygen atoms in total. The lowest BCUT2D eigenvalue weighted by Gasteiger charge is -2.30. The summed E-state index contributed by atoms with van der Waals surface area (Å²) in [6.45, 7) is 3.65. The number of likely N-dealkylation sites (tertiary alicyclic amines) is 1. The maximum Gasteiger partial charge on any atom is 0.321 e. The van der Waals surface area contributed by atoms with Crippen LogP contribution in [0.2, 0.25) is 0 Å². The number of nitrogens with one attached hydrogen (secondary N) is 1. The summed E-state index contributed by atoms with van der Waals surface area (Å²) in [5.74, 6) is 0.234. The van der Waals surface area contributed by atoms with Crippen LogP contribution in [0, 0.1) is 11.7 Å². The number of nitrogens with zero attached hydrogens (tertiary/aromatic N) is 1. The van der Waals surface area contributed by atoms with Gasteiger partial charge >= 0.3 is 6.03 Å². The zero-order valence-corrected chi connectivity index (χ0v) is 11.8. The van der Waals surface area contributed by atoms with E-state index in [2.05, 4.69) is 28.2 Å². The van der Waals surface area contributed by atoms with Gasteiger partial charge in [-0.2, -0.15) is 0 Å². The Bertz CT molecular complexity index is 424. The number of carbonyl (C=O) groups excluding carboxylic acids is 1. The predicted octanol–water partition coefficient (Wildman–Crippen LogP) is 3.85. The van der Waals surface area contributed by atoms with Crippen molar-refractivity contribution < 1.29 is 9.18 Å². The summed E-state index contributed by atoms with van der Waals surface area (Å²) < 4.78 is 14.1. The summed E-state index contributed by atoms with van der Waals surface area (Å²) in [4.78, 5) is 13.7. The molecule has 5 heteroatoms. The Balaban J connectivity index is 2.03. The van der Waals surface area contributed by atoms with Crippen molar-refractivity contribution in [3.05, 3.63) is 28.5 Å². The van der Waals surface area contributed by atoms with E-state index < -0.39 is 5.82 Å². The van der Waals surface area contributed by atoms with E-state index in [1.54, 1.807) is 17.0 Å². The first kappa shape index (κ1) is 13.3. The summed E-state index contributed by atoms with van der Waals surface area (Å²) in [7, 11) is 0. The second-order valence-corrected chi connectivity index (χ2v) is 5.55. The molecule has 1 saturated heterocycles. The molecule has 1 aromatic carbocycles. The van der Waals surface area contributed by atoms with Gasteiger partial charge in [0.2, 0.25) is 0 Å². The zero-order chi connectivity index (χ0) is 13.1. The molecule has 1 aliphatic heterocycles. The first-order chi connectivity index (χ1) is 8.58. The van der Waals surface area contributed by atoms with Crippen LogP contribution in [0.15, 0.2) is 22.7 Å². The molecule has 0 atom stereocenters. The third kappa shape index (κ3) is 3.02. The second-order valence-electron chi connectivity index (χ2n) is 4.70. The molecule has 0 aromatic heterocycles. The van der Waals surface area contributed by atoms with Crippen LogP contribution in [0.5, 0.6) is 0 Å². The van der Waals surface area contributed by atoms with Crippen LogP contribution >= 0.6 is 15.9 Å². The van der Waals surface area contributed by atoms with Crippen molar-refractivity contribution in [1.29, 1.82) is 0 Å². The lowest BCUT2D eigenvalue weighted by atomic mass is 10.00. The van der Waals surface area contributed by atoms with Gasteiger partial charge in [0.25, 0.3) is 0 Å². The molecule has 0 saturated carbocycles. The molecular weight excluding hydrogens is 299 g/mol. The van der Waals surface area contributed by atoms with Crippen LogP contribution < -0.4 is 5.32 Å². The topological polar surface area (TPSA) is 32.3 Å². The fourth-order valence-corrected chi connectivity index (χ4v) is 2.46. The summed E-state index contributed by atoms with van der Waals surface area (Å²) in [6, 6.07) is 4.40. The molecule has 1 N–H and O–H groups in total. The number of benzene rings is 1. The van der Waals surface area contributed by atoms with E-state index in [1.807, 2.05) is 0 Å². The summed E-state index contributed by atoms with van der Waals surface area (Å²) in [6.07, 6.45) is 2.01. The van der Waals surface area contributed by atoms with Crippen LogP contribution in [0.1, 0.15) is 19.8 Å². The van der Waals surface area contributed by atoms with Crippen molar-refractivity contribution in [3.8, 4) is 0 Å². The summed E-state index contributed by atoms with van der Waals surface area (Å²) in [5.41, 5.74) is 0.209. The van der Waals surface area contributed by atoms with Crippen molar-refractivity contribution >= 4 is 27.6 Å². The number of halogens is 2. The van der Waals surface area contributed by atoms with Gasteiger partial charge in [-0.25, -0.2) is 9.18 Å². The maximum atomic E-state index is 13.6. The molecule has 1 heterocycles. The smallest absolute Gasteiger partial charge is 0.321 e. The van der Waals surface area contributed by atoms with E-state index in [4.69, 9.17) is 0 Å². The van der Waals surface area contributed by atoms with Crippen molar-refractivity contribution in [3.63, 3.8) is 0 Å². The quantitative estimate of drug-likeness (QED) is 0.839. The Morgan fingerprint density at radius 2 is 2.11 bits per heavy atom. The highest BCUT2D eigenvalue weighted by Gasteiger charge is 2.21. The van der Waals surface area contributed by atoms with Gasteiger partial charge in [-0.1, -0.05) is 13.0 Å². The third-order valence-corrected chi connectivity index (χ3v) is 3.93. The van der Waals surface area contributed by atoms with Crippen molar-refractivity contribution in [1.82, 2.24) is 4.90 Å². The SMILES string of the molecule is CC1CCN(C(=O)Nc2c(F)cccc2Br)CC1. The number of urea groups is 1. The Kier molecular flexibility index (Phi) is 4.22. The van der Waals surface area contributed by atoms with Gasteiger partial charge < -0.3 is 10.2 Å². The minimum absolute atomic E-state index is 0.209. The molecule has 0 bridgehead atoms. The average molecular weight is 315 g/mol. The zero-order valence-electron chi connectivity index (χ0n) is 10.2. The van der Waals surface area contributed by atoms with E-state index in [1.165, 1.54) is 6.07 Å². The monoisotopic (exact) mass is 314 g/mol. The van der Waals surface area contributed by atoms with Gasteiger partial charge in [0.05, 0.1) is 5.69 Å². The lowest BCUT2D eigenvalue weighted by molar-refractivity contribution is 0.186. The molecule has 98 valence electrons. The van der Waals surface area contributed by atoms with E-state index in [-0.39, 0.29) is 11.7 Å². The van der Waals surface area contributed by atoms with E-state index >= 15 is 0 Å². The fraction of sp³-hybridized carbons (Fsp3) is 0.462. The van der Waals surface area contributed by atoms with Crippen molar-refractivity contribution in [2.24, 2.45) is 5.92 Å². The molecule has 18 heavy (non-hydrogen) atoms. The highest BCUT2D eigenvalue weighted by molar-refractivity contribution is 9.10. The number of carbonyl (C=O) groups is 1. The van der Waals surface area contributed by atoms with Crippen molar-refractivity contribution in [2.75, 3.05) is 18.4 Å². The average Bonchev–Trinajstić information content (AvgIpc) is 2.34. The van der Waals surface area contributed by atoms with E-state index in [0.29, 0.717) is 10.4 Å². The molecule has 1 aliphatic rings. The molecule has 0 spiro atoms. The normalized spacial score (nSPS) is 16.7. The Hall–Kier alpha value is -1.10. The van der Waals surface area contributed by atoms with Gasteiger partial charge in [-0.05, 0) is 46.8 Å². The standard InChI is InChI=1S/C13H16BrFN2O/c1-9-5-7-17(8-6-9)13(18)16-12-10(14)3-2-4-11(12)15/h2-4,9H,5-8H2,1H3,(H,16,18). The minimum Gasteiger partial charge on any atom is -0.325 e. The Morgan fingerprint density at radius 3 is 2.72 bits per heavy atom. The van der Waals surface area contributed by atoms with Crippen LogP contribution in [-0.4, -0.2) is 24.0 Å². The van der Waals surface area contributed by atoms with Gasteiger partial charge in [-0.3, -0.25) is 0 Å². The van der Waals surface area contributed by atoms with Crippen LogP contribution in [0.4, 0.5) is 14.9 Å². The van der Waals surface area contributed by atoms with Gasteiger partial charge in [0, 0.05) is 17.6 Å². The Morgan fingerprint density at radius 1 is 1.44 bits per heavy atom. The fourth-order valence-electron chi connectivity index (χ4n) is 2.01. The number of piperidine rings is 1. The number of hydrogen-bond donors (Lipinski definition) is 1. The van der Waals surface area contributed by atoms with Gasteiger partial charge in [-0.15, -0.1) is 0 Å². The summed E-state index contributed by atoms with van der Waals surface area (Å²) in [5, 5.41) is 2.63. The lowest BCUT2D eigenvalue weighted by Crippen LogP contribution is -2.40. The molecule has 2 amide bonds. The van der Waals surface area contributed by atoms with E-state index in [9.17, 15) is 9.18 Å². The molecule has 1 aromatic rings. The molecule has 1 fully saturated rings. The molecule has 0 unspecified atom stereocenters. The molecule has 0 radical (unpaired) electrons. The Labute approximate surface area is 114 Å². The first-order valence-electron chi connectivity index (χ1n) is 6.08. The molecular formula is C13H16BrFN2O. The second kappa shape index (κ2) is 5.69. The van der Waals surface area contributed by atoms with Gasteiger partial charge in [0.1, 0.15) is 5.82 Å².